The Morgan fingerprint density at radius 1 is 1.31 bits per heavy atom. The van der Waals surface area contributed by atoms with Crippen molar-refractivity contribution in [2.24, 2.45) is 0 Å². The number of amides is 2. The van der Waals surface area contributed by atoms with Gasteiger partial charge in [0.25, 0.3) is 5.91 Å². The van der Waals surface area contributed by atoms with E-state index in [0.29, 0.717) is 31.0 Å². The van der Waals surface area contributed by atoms with Crippen LogP contribution >= 0.6 is 12.2 Å². The summed E-state index contributed by atoms with van der Waals surface area (Å²) in [6.45, 7) is 3.46. The van der Waals surface area contributed by atoms with Crippen molar-refractivity contribution >= 4 is 35.1 Å². The van der Waals surface area contributed by atoms with Crippen LogP contribution in [0, 0.1) is 0 Å². The maximum absolute atomic E-state index is 12.6. The average molecular weight is 423 g/mol. The monoisotopic (exact) mass is 423 g/mol. The predicted octanol–water partition coefficient (Wildman–Crippen LogP) is 0.480. The molecule has 9 nitrogen and oxygen atoms in total. The van der Waals surface area contributed by atoms with Crippen molar-refractivity contribution in [3.05, 3.63) is 29.8 Å². The number of nitrogens with one attached hydrogen (secondary N) is 2. The van der Waals surface area contributed by atoms with Gasteiger partial charge in [0.1, 0.15) is 18.4 Å². The fraction of sp³-hybridized carbons (Fsp3) is 0.474. The molecule has 1 heterocycles. The standard InChI is InChI=1S/C19H25N3O6S/c1-3-27-10-11-28-16(23)12-14-18(25)20-8-9-22(14)19(29)21-17(24)13-6-4-5-7-15(13)26-2/h4-7,14H,3,8-12H2,1-2H3,(H,20,25)(H,21,24,29). The summed E-state index contributed by atoms with van der Waals surface area (Å²) in [5.41, 5.74) is 0.311. The summed E-state index contributed by atoms with van der Waals surface area (Å²) in [6, 6.07) is 5.85. The van der Waals surface area contributed by atoms with Gasteiger partial charge in [-0.25, -0.2) is 0 Å². The fourth-order valence-corrected chi connectivity index (χ4v) is 3.12. The summed E-state index contributed by atoms with van der Waals surface area (Å²) < 4.78 is 15.4. The number of rotatable bonds is 8. The van der Waals surface area contributed by atoms with Crippen molar-refractivity contribution in [3.63, 3.8) is 0 Å². The third-order valence-electron chi connectivity index (χ3n) is 4.22. The van der Waals surface area contributed by atoms with E-state index in [1.54, 1.807) is 24.3 Å². The predicted molar refractivity (Wildman–Crippen MR) is 109 cm³/mol. The number of thiocarbonyl (C=S) groups is 1. The summed E-state index contributed by atoms with van der Waals surface area (Å²) in [6.07, 6.45) is -0.192. The van der Waals surface area contributed by atoms with Crippen molar-refractivity contribution < 1.29 is 28.6 Å². The minimum Gasteiger partial charge on any atom is -0.496 e. The van der Waals surface area contributed by atoms with Crippen molar-refractivity contribution in [1.29, 1.82) is 0 Å². The first-order valence-electron chi connectivity index (χ1n) is 9.24. The Kier molecular flexibility index (Phi) is 8.81. The highest BCUT2D eigenvalue weighted by Crippen LogP contribution is 2.17. The molecule has 2 N–H and O–H groups in total. The Balaban J connectivity index is 2.01. The minimum absolute atomic E-state index is 0.0582. The van der Waals surface area contributed by atoms with E-state index in [9.17, 15) is 14.4 Å². The summed E-state index contributed by atoms with van der Waals surface area (Å²) in [5.74, 6) is -0.961. The fourth-order valence-electron chi connectivity index (χ4n) is 2.80. The molecule has 1 saturated heterocycles. The van der Waals surface area contributed by atoms with Gasteiger partial charge in [-0.1, -0.05) is 12.1 Å². The molecule has 0 saturated carbocycles. The molecule has 1 aromatic carbocycles. The van der Waals surface area contributed by atoms with Gasteiger partial charge >= 0.3 is 5.97 Å². The highest BCUT2D eigenvalue weighted by atomic mass is 32.1. The normalized spacial score (nSPS) is 16.0. The molecule has 1 aliphatic heterocycles. The van der Waals surface area contributed by atoms with Crippen LogP contribution in [-0.2, 0) is 19.1 Å². The number of carbonyl (C=O) groups is 3. The van der Waals surface area contributed by atoms with Crippen LogP contribution in [0.4, 0.5) is 0 Å². The molecule has 0 aliphatic carbocycles. The summed E-state index contributed by atoms with van der Waals surface area (Å²) in [5, 5.41) is 5.37. The molecule has 1 aromatic rings. The SMILES string of the molecule is CCOCCOC(=O)CC1C(=O)NCCN1C(=S)NC(=O)c1ccccc1OC. The Hall–Kier alpha value is -2.72. The lowest BCUT2D eigenvalue weighted by atomic mass is 10.1. The Labute approximate surface area is 174 Å². The minimum atomic E-state index is -0.867. The topological polar surface area (TPSA) is 106 Å². The third kappa shape index (κ3) is 6.40. The van der Waals surface area contributed by atoms with E-state index in [1.165, 1.54) is 12.0 Å². The van der Waals surface area contributed by atoms with Crippen LogP contribution in [0.1, 0.15) is 23.7 Å². The smallest absolute Gasteiger partial charge is 0.308 e. The highest BCUT2D eigenvalue weighted by Gasteiger charge is 2.34. The van der Waals surface area contributed by atoms with Crippen LogP contribution in [0.3, 0.4) is 0 Å². The molecule has 0 bridgehead atoms. The zero-order chi connectivity index (χ0) is 21.2. The van der Waals surface area contributed by atoms with Crippen LogP contribution < -0.4 is 15.4 Å². The van der Waals surface area contributed by atoms with E-state index >= 15 is 0 Å². The summed E-state index contributed by atoms with van der Waals surface area (Å²) >= 11 is 5.34. The maximum Gasteiger partial charge on any atom is 0.308 e. The molecule has 29 heavy (non-hydrogen) atoms. The van der Waals surface area contributed by atoms with Gasteiger partial charge < -0.3 is 24.4 Å². The van der Waals surface area contributed by atoms with E-state index in [1.807, 2.05) is 6.92 Å². The van der Waals surface area contributed by atoms with Crippen LogP contribution in [0.5, 0.6) is 5.75 Å². The van der Waals surface area contributed by atoms with Crippen LogP contribution in [0.25, 0.3) is 0 Å². The van der Waals surface area contributed by atoms with Crippen molar-refractivity contribution in [2.45, 2.75) is 19.4 Å². The number of hydrogen-bond acceptors (Lipinski definition) is 7. The molecular weight excluding hydrogens is 398 g/mol. The highest BCUT2D eigenvalue weighted by molar-refractivity contribution is 7.80. The largest absolute Gasteiger partial charge is 0.496 e. The van der Waals surface area contributed by atoms with E-state index in [2.05, 4.69) is 10.6 Å². The van der Waals surface area contributed by atoms with E-state index in [-0.39, 0.29) is 30.7 Å². The number of methoxy groups -OCH3 is 1. The molecule has 1 fully saturated rings. The number of piperazine rings is 1. The number of ether oxygens (including phenoxy) is 3. The van der Waals surface area contributed by atoms with Crippen LogP contribution in [-0.4, -0.2) is 73.9 Å². The van der Waals surface area contributed by atoms with Crippen molar-refractivity contribution in [2.75, 3.05) is 40.0 Å². The summed E-state index contributed by atoms with van der Waals surface area (Å²) in [4.78, 5) is 38.5. The van der Waals surface area contributed by atoms with Gasteiger partial charge in [0.05, 0.1) is 25.7 Å². The second kappa shape index (κ2) is 11.3. The van der Waals surface area contributed by atoms with Gasteiger partial charge in [-0.3, -0.25) is 19.7 Å². The second-order valence-corrected chi connectivity index (χ2v) is 6.47. The average Bonchev–Trinajstić information content (AvgIpc) is 2.72. The Morgan fingerprint density at radius 3 is 2.79 bits per heavy atom. The molecular formula is C19H25N3O6S. The third-order valence-corrected chi connectivity index (χ3v) is 4.56. The number of hydrogen-bond donors (Lipinski definition) is 2. The Bertz CT molecular complexity index is 757. The molecule has 1 unspecified atom stereocenters. The number of benzene rings is 1. The zero-order valence-corrected chi connectivity index (χ0v) is 17.3. The number of nitrogens with zero attached hydrogens (tertiary/aromatic N) is 1. The molecule has 2 amide bonds. The van der Waals surface area contributed by atoms with Gasteiger partial charge in [0, 0.05) is 19.7 Å². The van der Waals surface area contributed by atoms with Gasteiger partial charge in [-0.05, 0) is 31.3 Å². The molecule has 10 heteroatoms. The second-order valence-electron chi connectivity index (χ2n) is 6.08. The zero-order valence-electron chi connectivity index (χ0n) is 16.4. The maximum atomic E-state index is 12.6. The van der Waals surface area contributed by atoms with Gasteiger partial charge in [-0.15, -0.1) is 0 Å². The lowest BCUT2D eigenvalue weighted by Gasteiger charge is -2.36. The molecule has 2 rings (SSSR count). The van der Waals surface area contributed by atoms with E-state index in [4.69, 9.17) is 26.4 Å². The van der Waals surface area contributed by atoms with Crippen molar-refractivity contribution in [3.8, 4) is 5.75 Å². The van der Waals surface area contributed by atoms with Crippen LogP contribution in [0.2, 0.25) is 0 Å². The number of carbonyl (C=O) groups excluding carboxylic acids is 3. The molecule has 158 valence electrons. The van der Waals surface area contributed by atoms with Crippen molar-refractivity contribution in [1.82, 2.24) is 15.5 Å². The van der Waals surface area contributed by atoms with Crippen LogP contribution in [0.15, 0.2) is 24.3 Å². The van der Waals surface area contributed by atoms with Gasteiger partial charge in [0.2, 0.25) is 5.91 Å². The van der Waals surface area contributed by atoms with E-state index in [0.717, 1.165) is 0 Å². The molecule has 0 aromatic heterocycles. The first-order valence-corrected chi connectivity index (χ1v) is 9.64. The molecule has 1 aliphatic rings. The lowest BCUT2D eigenvalue weighted by Crippen LogP contribution is -2.60. The Morgan fingerprint density at radius 2 is 2.07 bits per heavy atom. The summed E-state index contributed by atoms with van der Waals surface area (Å²) in [7, 11) is 1.46. The molecule has 1 atom stereocenters. The van der Waals surface area contributed by atoms with Gasteiger partial charge in [-0.2, -0.15) is 0 Å². The first-order chi connectivity index (χ1) is 14.0. The molecule has 0 spiro atoms. The lowest BCUT2D eigenvalue weighted by molar-refractivity contribution is -0.148. The quantitative estimate of drug-likeness (QED) is 0.353. The first kappa shape index (κ1) is 22.6. The van der Waals surface area contributed by atoms with E-state index < -0.39 is 17.9 Å². The van der Waals surface area contributed by atoms with Gasteiger partial charge in [0.15, 0.2) is 5.11 Å². The molecule has 0 radical (unpaired) electrons. The number of esters is 1. The number of para-hydroxylation sites is 1.